The van der Waals surface area contributed by atoms with Gasteiger partial charge in [0, 0.05) is 12.2 Å². The van der Waals surface area contributed by atoms with Crippen molar-refractivity contribution in [2.75, 3.05) is 25.5 Å². The molecule has 18 heavy (non-hydrogen) atoms. The predicted molar refractivity (Wildman–Crippen MR) is 72.0 cm³/mol. The lowest BCUT2D eigenvalue weighted by Crippen LogP contribution is -2.35. The highest BCUT2D eigenvalue weighted by atomic mass is 16.5. The molecular weight excluding hydrogens is 228 g/mol. The van der Waals surface area contributed by atoms with Gasteiger partial charge in [0.2, 0.25) is 5.91 Å². The molecule has 1 unspecified atom stereocenters. The minimum absolute atomic E-state index is 0.0806. The van der Waals surface area contributed by atoms with Gasteiger partial charge >= 0.3 is 0 Å². The lowest BCUT2D eigenvalue weighted by molar-refractivity contribution is -0.123. The van der Waals surface area contributed by atoms with E-state index in [1.54, 1.807) is 7.11 Å². The standard InChI is InChI=1S/C14H20N2O2/c1-10-8-11(4-5-12(10)18-3)16-13(17)14(2)6-7-15-9-14/h4-5,8,15H,6-7,9H2,1-3H3,(H,16,17). The van der Waals surface area contributed by atoms with Gasteiger partial charge in [0.15, 0.2) is 0 Å². The van der Waals surface area contributed by atoms with Crippen molar-refractivity contribution in [2.45, 2.75) is 20.3 Å². The van der Waals surface area contributed by atoms with E-state index in [9.17, 15) is 4.79 Å². The van der Waals surface area contributed by atoms with Gasteiger partial charge in [-0.1, -0.05) is 0 Å². The zero-order valence-corrected chi connectivity index (χ0v) is 11.2. The molecule has 0 aromatic heterocycles. The molecule has 1 aliphatic rings. The summed E-state index contributed by atoms with van der Waals surface area (Å²) in [7, 11) is 1.64. The molecule has 0 radical (unpaired) electrons. The minimum atomic E-state index is -0.298. The molecule has 4 heteroatoms. The van der Waals surface area contributed by atoms with Crippen LogP contribution in [0.2, 0.25) is 0 Å². The van der Waals surface area contributed by atoms with Gasteiger partial charge in [0.25, 0.3) is 0 Å². The third-order valence-corrected chi connectivity index (χ3v) is 3.57. The lowest BCUT2D eigenvalue weighted by atomic mass is 9.88. The minimum Gasteiger partial charge on any atom is -0.496 e. The Hall–Kier alpha value is -1.55. The molecule has 2 rings (SSSR count). The fraction of sp³-hybridized carbons (Fsp3) is 0.500. The van der Waals surface area contributed by atoms with Crippen molar-refractivity contribution in [3.05, 3.63) is 23.8 Å². The molecule has 0 aliphatic carbocycles. The van der Waals surface area contributed by atoms with Crippen molar-refractivity contribution in [1.82, 2.24) is 5.32 Å². The number of carbonyl (C=O) groups excluding carboxylic acids is 1. The van der Waals surface area contributed by atoms with Gasteiger partial charge in [-0.05, 0) is 50.6 Å². The third-order valence-electron chi connectivity index (χ3n) is 3.57. The first-order valence-electron chi connectivity index (χ1n) is 6.22. The van der Waals surface area contributed by atoms with Crippen LogP contribution in [0.1, 0.15) is 18.9 Å². The van der Waals surface area contributed by atoms with Crippen LogP contribution in [0.5, 0.6) is 5.75 Å². The lowest BCUT2D eigenvalue weighted by Gasteiger charge is -2.21. The van der Waals surface area contributed by atoms with Crippen molar-refractivity contribution in [3.63, 3.8) is 0 Å². The molecule has 2 N–H and O–H groups in total. The molecule has 1 aliphatic heterocycles. The van der Waals surface area contributed by atoms with Gasteiger partial charge < -0.3 is 15.4 Å². The smallest absolute Gasteiger partial charge is 0.231 e. The molecule has 1 atom stereocenters. The van der Waals surface area contributed by atoms with E-state index >= 15 is 0 Å². The van der Waals surface area contributed by atoms with Gasteiger partial charge in [0.1, 0.15) is 5.75 Å². The molecule has 1 amide bonds. The van der Waals surface area contributed by atoms with E-state index in [1.165, 1.54) is 0 Å². The number of nitrogens with one attached hydrogen (secondary N) is 2. The maximum Gasteiger partial charge on any atom is 0.231 e. The molecule has 0 spiro atoms. The number of benzene rings is 1. The number of amides is 1. The van der Waals surface area contributed by atoms with E-state index in [0.29, 0.717) is 0 Å². The molecule has 98 valence electrons. The SMILES string of the molecule is COc1ccc(NC(=O)C2(C)CCNC2)cc1C. The number of ether oxygens (including phenoxy) is 1. The Morgan fingerprint density at radius 1 is 1.50 bits per heavy atom. The highest BCUT2D eigenvalue weighted by molar-refractivity contribution is 5.95. The van der Waals surface area contributed by atoms with Crippen molar-refractivity contribution in [3.8, 4) is 5.75 Å². The largest absolute Gasteiger partial charge is 0.496 e. The number of hydrogen-bond donors (Lipinski definition) is 2. The summed E-state index contributed by atoms with van der Waals surface area (Å²) in [5.41, 5.74) is 1.55. The van der Waals surface area contributed by atoms with E-state index in [1.807, 2.05) is 32.0 Å². The van der Waals surface area contributed by atoms with E-state index < -0.39 is 0 Å². The van der Waals surface area contributed by atoms with Gasteiger partial charge in [-0.25, -0.2) is 0 Å². The molecule has 4 nitrogen and oxygen atoms in total. The number of anilines is 1. The molecule has 1 fully saturated rings. The van der Waals surface area contributed by atoms with Crippen LogP contribution in [0.3, 0.4) is 0 Å². The summed E-state index contributed by atoms with van der Waals surface area (Å²) in [6.45, 7) is 5.62. The average Bonchev–Trinajstić information content (AvgIpc) is 2.78. The molecular formula is C14H20N2O2. The van der Waals surface area contributed by atoms with Gasteiger partial charge in [-0.2, -0.15) is 0 Å². The van der Waals surface area contributed by atoms with Crippen molar-refractivity contribution < 1.29 is 9.53 Å². The highest BCUT2D eigenvalue weighted by Gasteiger charge is 2.36. The quantitative estimate of drug-likeness (QED) is 0.859. The first-order valence-corrected chi connectivity index (χ1v) is 6.22. The molecule has 0 bridgehead atoms. The Kier molecular flexibility index (Phi) is 3.57. The number of carbonyl (C=O) groups is 1. The number of methoxy groups -OCH3 is 1. The summed E-state index contributed by atoms with van der Waals surface area (Å²) in [6.07, 6.45) is 0.883. The molecule has 1 aromatic carbocycles. The van der Waals surface area contributed by atoms with Crippen molar-refractivity contribution in [1.29, 1.82) is 0 Å². The fourth-order valence-corrected chi connectivity index (χ4v) is 2.25. The Labute approximate surface area is 108 Å². The third kappa shape index (κ3) is 2.48. The molecule has 1 aromatic rings. The number of rotatable bonds is 3. The van der Waals surface area contributed by atoms with Crippen molar-refractivity contribution in [2.24, 2.45) is 5.41 Å². The van der Waals surface area contributed by atoms with E-state index in [2.05, 4.69) is 10.6 Å². The summed E-state index contributed by atoms with van der Waals surface area (Å²) in [5.74, 6) is 0.916. The van der Waals surface area contributed by atoms with Crippen molar-refractivity contribution >= 4 is 11.6 Å². The van der Waals surface area contributed by atoms with Crippen LogP contribution in [0.15, 0.2) is 18.2 Å². The predicted octanol–water partition coefficient (Wildman–Crippen LogP) is 1.94. The summed E-state index contributed by atoms with van der Waals surface area (Å²) in [4.78, 5) is 12.2. The maximum absolute atomic E-state index is 12.2. The molecule has 1 saturated heterocycles. The summed E-state index contributed by atoms with van der Waals surface area (Å²) in [5, 5.41) is 6.21. The summed E-state index contributed by atoms with van der Waals surface area (Å²) >= 11 is 0. The Bertz CT molecular complexity index is 451. The van der Waals surface area contributed by atoms with Gasteiger partial charge in [-0.15, -0.1) is 0 Å². The Balaban J connectivity index is 2.09. The van der Waals surface area contributed by atoms with E-state index in [-0.39, 0.29) is 11.3 Å². The summed E-state index contributed by atoms with van der Waals surface area (Å²) in [6, 6.07) is 5.68. The fourth-order valence-electron chi connectivity index (χ4n) is 2.25. The maximum atomic E-state index is 12.2. The van der Waals surface area contributed by atoms with Crippen LogP contribution >= 0.6 is 0 Å². The first-order chi connectivity index (χ1) is 8.55. The Morgan fingerprint density at radius 2 is 2.28 bits per heavy atom. The zero-order valence-electron chi connectivity index (χ0n) is 11.2. The summed E-state index contributed by atoms with van der Waals surface area (Å²) < 4.78 is 5.20. The molecule has 0 saturated carbocycles. The van der Waals surface area contributed by atoms with Crippen LogP contribution in [0.25, 0.3) is 0 Å². The van der Waals surface area contributed by atoms with Crippen LogP contribution in [0, 0.1) is 12.3 Å². The van der Waals surface area contributed by atoms with Crippen LogP contribution in [0.4, 0.5) is 5.69 Å². The van der Waals surface area contributed by atoms with Gasteiger partial charge in [-0.3, -0.25) is 4.79 Å². The van der Waals surface area contributed by atoms with E-state index in [0.717, 1.165) is 36.5 Å². The second-order valence-electron chi connectivity index (χ2n) is 5.13. The second-order valence-corrected chi connectivity index (χ2v) is 5.13. The number of aryl methyl sites for hydroxylation is 1. The first kappa shape index (κ1) is 12.9. The topological polar surface area (TPSA) is 50.4 Å². The number of hydrogen-bond acceptors (Lipinski definition) is 3. The Morgan fingerprint density at radius 3 is 2.83 bits per heavy atom. The van der Waals surface area contributed by atoms with Gasteiger partial charge in [0.05, 0.1) is 12.5 Å². The van der Waals surface area contributed by atoms with Crippen LogP contribution in [-0.2, 0) is 4.79 Å². The molecule has 1 heterocycles. The zero-order chi connectivity index (χ0) is 13.2. The average molecular weight is 248 g/mol. The highest BCUT2D eigenvalue weighted by Crippen LogP contribution is 2.27. The van der Waals surface area contributed by atoms with E-state index in [4.69, 9.17) is 4.74 Å². The normalized spacial score (nSPS) is 22.8. The van der Waals surface area contributed by atoms with Crippen LogP contribution < -0.4 is 15.4 Å². The van der Waals surface area contributed by atoms with Crippen LogP contribution in [-0.4, -0.2) is 26.1 Å². The second kappa shape index (κ2) is 4.98. The monoisotopic (exact) mass is 248 g/mol.